The SMILES string of the molecule is CCOc1ccccc1N(CC(=O)N(CCc1ccccc1)[C@@H](C)C(=O)NC(C)C)S(=O)(=O)c1ccc(C)cc1. The molecule has 0 aliphatic carbocycles. The second-order valence-corrected chi connectivity index (χ2v) is 11.7. The third-order valence-electron chi connectivity index (χ3n) is 6.40. The molecule has 0 heterocycles. The van der Waals surface area contributed by atoms with Gasteiger partial charge in [-0.2, -0.15) is 0 Å². The average molecular weight is 566 g/mol. The van der Waals surface area contributed by atoms with E-state index in [0.29, 0.717) is 18.8 Å². The molecule has 0 radical (unpaired) electrons. The van der Waals surface area contributed by atoms with Gasteiger partial charge in [-0.1, -0.05) is 60.2 Å². The summed E-state index contributed by atoms with van der Waals surface area (Å²) in [6, 6.07) is 21.9. The molecule has 214 valence electrons. The van der Waals surface area contributed by atoms with Gasteiger partial charge in [0.15, 0.2) is 0 Å². The minimum atomic E-state index is -4.17. The highest BCUT2D eigenvalue weighted by Gasteiger charge is 2.33. The molecule has 40 heavy (non-hydrogen) atoms. The summed E-state index contributed by atoms with van der Waals surface area (Å²) < 4.78 is 34.8. The minimum Gasteiger partial charge on any atom is -0.492 e. The molecule has 9 heteroatoms. The van der Waals surface area contributed by atoms with Crippen LogP contribution in [-0.2, 0) is 26.0 Å². The average Bonchev–Trinajstić information content (AvgIpc) is 2.92. The topological polar surface area (TPSA) is 96.0 Å². The monoisotopic (exact) mass is 565 g/mol. The highest BCUT2D eigenvalue weighted by molar-refractivity contribution is 7.92. The molecule has 1 N–H and O–H groups in total. The van der Waals surface area contributed by atoms with Crippen molar-refractivity contribution in [2.45, 2.75) is 58.0 Å². The van der Waals surface area contributed by atoms with Gasteiger partial charge in [-0.3, -0.25) is 13.9 Å². The molecule has 3 aromatic rings. The molecule has 2 amide bonds. The Kier molecular flexibility index (Phi) is 10.7. The van der Waals surface area contributed by atoms with Crippen LogP contribution in [0, 0.1) is 6.92 Å². The fourth-order valence-corrected chi connectivity index (χ4v) is 5.69. The van der Waals surface area contributed by atoms with Crippen LogP contribution in [0.15, 0.2) is 83.8 Å². The number of hydrogen-bond acceptors (Lipinski definition) is 5. The van der Waals surface area contributed by atoms with Gasteiger partial charge in [0.05, 0.1) is 17.2 Å². The molecule has 0 unspecified atom stereocenters. The lowest BCUT2D eigenvalue weighted by molar-refractivity contribution is -0.139. The standard InChI is InChI=1S/C31H39N3O5S/c1-6-39-29-15-11-10-14-28(29)34(40(37,38)27-18-16-24(4)17-19-27)22-30(35)33(25(5)31(36)32-23(2)3)21-20-26-12-8-7-9-13-26/h7-19,23,25H,6,20-22H2,1-5H3,(H,32,36)/t25-/m0/s1. The van der Waals surface area contributed by atoms with Crippen LogP contribution >= 0.6 is 0 Å². The van der Waals surface area contributed by atoms with Crippen LogP contribution in [0.5, 0.6) is 5.75 Å². The van der Waals surface area contributed by atoms with Crippen LogP contribution in [0.25, 0.3) is 0 Å². The number of carbonyl (C=O) groups excluding carboxylic acids is 2. The summed E-state index contributed by atoms with van der Waals surface area (Å²) >= 11 is 0. The van der Waals surface area contributed by atoms with E-state index in [2.05, 4.69) is 5.32 Å². The molecule has 0 saturated heterocycles. The highest BCUT2D eigenvalue weighted by atomic mass is 32.2. The third kappa shape index (κ3) is 7.85. The first-order valence-corrected chi connectivity index (χ1v) is 14.9. The molecule has 3 aromatic carbocycles. The Bertz CT molecular complexity index is 1380. The lowest BCUT2D eigenvalue weighted by atomic mass is 10.1. The maximum atomic E-state index is 14.0. The van der Waals surface area contributed by atoms with E-state index < -0.39 is 28.5 Å². The van der Waals surface area contributed by atoms with Crippen LogP contribution in [0.2, 0.25) is 0 Å². The molecule has 0 saturated carbocycles. The Balaban J connectivity index is 2.03. The van der Waals surface area contributed by atoms with Crippen molar-refractivity contribution in [2.75, 3.05) is 24.0 Å². The van der Waals surface area contributed by atoms with Crippen molar-refractivity contribution >= 4 is 27.5 Å². The van der Waals surface area contributed by atoms with E-state index in [0.717, 1.165) is 15.4 Å². The number of aryl methyl sites for hydroxylation is 1. The van der Waals surface area contributed by atoms with E-state index in [-0.39, 0.29) is 29.1 Å². The molecule has 1 atom stereocenters. The van der Waals surface area contributed by atoms with Crippen LogP contribution in [0.3, 0.4) is 0 Å². The summed E-state index contributed by atoms with van der Waals surface area (Å²) in [5.41, 5.74) is 2.16. The Morgan fingerprint density at radius 2 is 1.52 bits per heavy atom. The van der Waals surface area contributed by atoms with Crippen LogP contribution in [-0.4, -0.2) is 56.9 Å². The number of anilines is 1. The summed E-state index contributed by atoms with van der Waals surface area (Å²) in [4.78, 5) is 28.5. The van der Waals surface area contributed by atoms with Crippen molar-refractivity contribution in [3.63, 3.8) is 0 Å². The van der Waals surface area contributed by atoms with E-state index in [9.17, 15) is 18.0 Å². The number of carbonyl (C=O) groups is 2. The number of para-hydroxylation sites is 2. The zero-order valence-electron chi connectivity index (χ0n) is 23.8. The molecule has 0 aliphatic heterocycles. The van der Waals surface area contributed by atoms with E-state index in [1.807, 2.05) is 51.1 Å². The maximum absolute atomic E-state index is 14.0. The zero-order chi connectivity index (χ0) is 29.3. The quantitative estimate of drug-likeness (QED) is 0.328. The lowest BCUT2D eigenvalue weighted by Crippen LogP contribution is -2.53. The van der Waals surface area contributed by atoms with Gasteiger partial charge in [-0.05, 0) is 70.9 Å². The summed E-state index contributed by atoms with van der Waals surface area (Å²) in [7, 11) is -4.17. The summed E-state index contributed by atoms with van der Waals surface area (Å²) in [6.45, 7) is 9.09. The van der Waals surface area contributed by atoms with E-state index in [4.69, 9.17) is 4.74 Å². The van der Waals surface area contributed by atoms with Gasteiger partial charge in [0, 0.05) is 12.6 Å². The van der Waals surface area contributed by atoms with Crippen LogP contribution in [0.1, 0.15) is 38.8 Å². The van der Waals surface area contributed by atoms with Gasteiger partial charge in [0.2, 0.25) is 11.8 Å². The second-order valence-electron chi connectivity index (χ2n) is 9.89. The molecule has 3 rings (SSSR count). The molecular formula is C31H39N3O5S. The Labute approximate surface area is 238 Å². The molecule has 0 spiro atoms. The predicted molar refractivity (Wildman–Crippen MR) is 158 cm³/mol. The molecule has 0 aliphatic rings. The molecule has 0 aromatic heterocycles. The Morgan fingerprint density at radius 3 is 2.15 bits per heavy atom. The van der Waals surface area contributed by atoms with Gasteiger partial charge < -0.3 is 15.0 Å². The maximum Gasteiger partial charge on any atom is 0.264 e. The fraction of sp³-hybridized carbons (Fsp3) is 0.355. The first-order chi connectivity index (χ1) is 19.0. The van der Waals surface area contributed by atoms with Gasteiger partial charge in [-0.15, -0.1) is 0 Å². The molecule has 8 nitrogen and oxygen atoms in total. The largest absolute Gasteiger partial charge is 0.492 e. The highest BCUT2D eigenvalue weighted by Crippen LogP contribution is 2.33. The van der Waals surface area contributed by atoms with E-state index >= 15 is 0 Å². The van der Waals surface area contributed by atoms with Gasteiger partial charge in [0.1, 0.15) is 18.3 Å². The summed E-state index contributed by atoms with van der Waals surface area (Å²) in [6.07, 6.45) is 0.506. The number of amides is 2. The van der Waals surface area contributed by atoms with E-state index in [1.165, 1.54) is 17.0 Å². The third-order valence-corrected chi connectivity index (χ3v) is 8.18. The number of benzene rings is 3. The van der Waals surface area contributed by atoms with Crippen molar-refractivity contribution < 1.29 is 22.7 Å². The van der Waals surface area contributed by atoms with Crippen molar-refractivity contribution in [1.82, 2.24) is 10.2 Å². The van der Waals surface area contributed by atoms with Crippen molar-refractivity contribution in [3.05, 3.63) is 90.0 Å². The van der Waals surface area contributed by atoms with E-state index in [1.54, 1.807) is 50.2 Å². The van der Waals surface area contributed by atoms with Crippen molar-refractivity contribution in [1.29, 1.82) is 0 Å². The summed E-state index contributed by atoms with van der Waals surface area (Å²) in [5.74, 6) is -0.460. The first kappa shape index (κ1) is 30.7. The van der Waals surface area contributed by atoms with Crippen molar-refractivity contribution in [2.24, 2.45) is 0 Å². The van der Waals surface area contributed by atoms with Crippen LogP contribution in [0.4, 0.5) is 5.69 Å². The van der Waals surface area contributed by atoms with Gasteiger partial charge in [-0.25, -0.2) is 8.42 Å². The molecule has 0 fully saturated rings. The Morgan fingerprint density at radius 1 is 0.900 bits per heavy atom. The normalized spacial score (nSPS) is 12.1. The Hall–Kier alpha value is -3.85. The van der Waals surface area contributed by atoms with Crippen LogP contribution < -0.4 is 14.4 Å². The van der Waals surface area contributed by atoms with Gasteiger partial charge in [0.25, 0.3) is 10.0 Å². The molecular weight excluding hydrogens is 526 g/mol. The number of nitrogens with zero attached hydrogens (tertiary/aromatic N) is 2. The number of ether oxygens (including phenoxy) is 1. The molecule has 0 bridgehead atoms. The minimum absolute atomic E-state index is 0.0543. The zero-order valence-corrected chi connectivity index (χ0v) is 24.6. The number of hydrogen-bond donors (Lipinski definition) is 1. The van der Waals surface area contributed by atoms with Crippen molar-refractivity contribution in [3.8, 4) is 5.75 Å². The number of rotatable bonds is 13. The fourth-order valence-electron chi connectivity index (χ4n) is 4.27. The number of sulfonamides is 1. The smallest absolute Gasteiger partial charge is 0.264 e. The summed E-state index contributed by atoms with van der Waals surface area (Å²) in [5, 5.41) is 2.86. The first-order valence-electron chi connectivity index (χ1n) is 13.5. The second kappa shape index (κ2) is 14.0. The van der Waals surface area contributed by atoms with Gasteiger partial charge >= 0.3 is 0 Å². The predicted octanol–water partition coefficient (Wildman–Crippen LogP) is 4.57. The lowest BCUT2D eigenvalue weighted by Gasteiger charge is -2.32. The number of nitrogens with one attached hydrogen (secondary N) is 1.